The minimum absolute atomic E-state index is 0.0791. The zero-order valence-electron chi connectivity index (χ0n) is 19.5. The first-order valence-electron chi connectivity index (χ1n) is 10.9. The van der Waals surface area contributed by atoms with E-state index >= 15 is 0 Å². The first-order valence-corrected chi connectivity index (χ1v) is 10.9. The molecule has 0 saturated carbocycles. The van der Waals surface area contributed by atoms with Gasteiger partial charge in [-0.3, -0.25) is 14.5 Å². The molecular formula is C27H23NO8. The van der Waals surface area contributed by atoms with Gasteiger partial charge in [-0.1, -0.05) is 12.1 Å². The van der Waals surface area contributed by atoms with Crippen molar-refractivity contribution in [1.82, 2.24) is 0 Å². The molecule has 9 nitrogen and oxygen atoms in total. The third-order valence-corrected chi connectivity index (χ3v) is 5.69. The van der Waals surface area contributed by atoms with Crippen LogP contribution in [0.25, 0.3) is 5.76 Å². The van der Waals surface area contributed by atoms with Crippen molar-refractivity contribution < 1.29 is 38.8 Å². The van der Waals surface area contributed by atoms with Gasteiger partial charge in [0, 0.05) is 11.3 Å². The number of carbonyl (C=O) groups excluding carboxylic acids is 2. The minimum atomic E-state index is -1.12. The molecule has 184 valence electrons. The summed E-state index contributed by atoms with van der Waals surface area (Å²) in [5.41, 5.74) is 1.18. The predicted molar refractivity (Wildman–Crippen MR) is 130 cm³/mol. The molecule has 0 bridgehead atoms. The van der Waals surface area contributed by atoms with Gasteiger partial charge in [-0.25, -0.2) is 4.79 Å². The van der Waals surface area contributed by atoms with E-state index in [1.165, 1.54) is 31.3 Å². The molecule has 2 N–H and O–H groups in total. The Bertz CT molecular complexity index is 1330. The summed E-state index contributed by atoms with van der Waals surface area (Å²) in [6.07, 6.45) is 0. The lowest BCUT2D eigenvalue weighted by atomic mass is 9.95. The Balaban J connectivity index is 1.83. The van der Waals surface area contributed by atoms with Crippen LogP contribution in [0.5, 0.6) is 17.2 Å². The minimum Gasteiger partial charge on any atom is -0.507 e. The van der Waals surface area contributed by atoms with Crippen LogP contribution < -0.4 is 19.1 Å². The van der Waals surface area contributed by atoms with Gasteiger partial charge in [-0.2, -0.15) is 0 Å². The number of aliphatic carboxylic acids is 1. The first kappa shape index (κ1) is 24.3. The standard InChI is InChI=1S/C27H23NO8/c1-34-19-10-6-16(7-11-19)25(31)23-24(17-4-3-5-21(14-17)35-2)28(27(33)26(23)32)18-8-12-20(13-9-18)36-15-22(29)30/h3-14,24,31H,15H2,1-2H3,(H,29,30)/b25-23+. The summed E-state index contributed by atoms with van der Waals surface area (Å²) >= 11 is 0. The quantitative estimate of drug-likeness (QED) is 0.278. The number of aliphatic hydroxyl groups excluding tert-OH is 1. The van der Waals surface area contributed by atoms with Crippen molar-refractivity contribution in [1.29, 1.82) is 0 Å². The second-order valence-electron chi connectivity index (χ2n) is 7.85. The number of methoxy groups -OCH3 is 2. The van der Waals surface area contributed by atoms with Gasteiger partial charge in [0.1, 0.15) is 23.0 Å². The molecule has 0 radical (unpaired) electrons. The van der Waals surface area contributed by atoms with E-state index in [4.69, 9.17) is 19.3 Å². The second-order valence-corrected chi connectivity index (χ2v) is 7.85. The van der Waals surface area contributed by atoms with Crippen molar-refractivity contribution in [2.75, 3.05) is 25.7 Å². The van der Waals surface area contributed by atoms with Crippen LogP contribution in [0.3, 0.4) is 0 Å². The summed E-state index contributed by atoms with van der Waals surface area (Å²) in [7, 11) is 3.02. The van der Waals surface area contributed by atoms with E-state index in [-0.39, 0.29) is 17.1 Å². The Morgan fingerprint density at radius 1 is 0.861 bits per heavy atom. The van der Waals surface area contributed by atoms with E-state index in [0.717, 1.165) is 0 Å². The lowest BCUT2D eigenvalue weighted by molar-refractivity contribution is -0.139. The van der Waals surface area contributed by atoms with Gasteiger partial charge < -0.3 is 24.4 Å². The zero-order chi connectivity index (χ0) is 25.8. The molecule has 1 heterocycles. The molecule has 0 aliphatic carbocycles. The number of carboxylic acids is 1. The summed E-state index contributed by atoms with van der Waals surface area (Å²) < 4.78 is 15.7. The number of benzene rings is 3. The van der Waals surface area contributed by atoms with E-state index in [1.54, 1.807) is 60.7 Å². The maximum absolute atomic E-state index is 13.3. The number of ketones is 1. The van der Waals surface area contributed by atoms with Gasteiger partial charge in [0.05, 0.1) is 25.8 Å². The third-order valence-electron chi connectivity index (χ3n) is 5.69. The highest BCUT2D eigenvalue weighted by atomic mass is 16.5. The molecule has 3 aromatic carbocycles. The lowest BCUT2D eigenvalue weighted by Crippen LogP contribution is -2.29. The number of amides is 1. The van der Waals surface area contributed by atoms with Gasteiger partial charge in [0.15, 0.2) is 6.61 Å². The first-order chi connectivity index (χ1) is 17.3. The highest BCUT2D eigenvalue weighted by Crippen LogP contribution is 2.43. The molecule has 4 rings (SSSR count). The second kappa shape index (κ2) is 10.2. The van der Waals surface area contributed by atoms with Crippen LogP contribution in [0.2, 0.25) is 0 Å². The summed E-state index contributed by atoms with van der Waals surface area (Å²) in [4.78, 5) is 38.6. The summed E-state index contributed by atoms with van der Waals surface area (Å²) in [6, 6.07) is 18.5. The Kier molecular flexibility index (Phi) is 6.91. The van der Waals surface area contributed by atoms with E-state index in [2.05, 4.69) is 0 Å². The van der Waals surface area contributed by atoms with Crippen LogP contribution in [-0.2, 0) is 14.4 Å². The van der Waals surface area contributed by atoms with E-state index < -0.39 is 30.3 Å². The number of nitrogens with zero attached hydrogens (tertiary/aromatic N) is 1. The maximum atomic E-state index is 13.3. The average molecular weight is 489 g/mol. The molecule has 1 aliphatic rings. The Morgan fingerprint density at radius 2 is 1.50 bits per heavy atom. The van der Waals surface area contributed by atoms with E-state index in [9.17, 15) is 19.5 Å². The van der Waals surface area contributed by atoms with Crippen molar-refractivity contribution in [3.63, 3.8) is 0 Å². The molecule has 9 heteroatoms. The Labute approximate surface area is 206 Å². The largest absolute Gasteiger partial charge is 0.507 e. The van der Waals surface area contributed by atoms with Gasteiger partial charge in [0.2, 0.25) is 0 Å². The molecular weight excluding hydrogens is 466 g/mol. The normalized spacial score (nSPS) is 16.6. The van der Waals surface area contributed by atoms with Crippen molar-refractivity contribution in [2.45, 2.75) is 6.04 Å². The van der Waals surface area contributed by atoms with Gasteiger partial charge >= 0.3 is 5.97 Å². The summed E-state index contributed by atoms with van der Waals surface area (Å²) in [5.74, 6) is -1.75. The number of rotatable bonds is 8. The molecule has 3 aromatic rings. The van der Waals surface area contributed by atoms with Crippen molar-refractivity contribution in [2.24, 2.45) is 0 Å². The van der Waals surface area contributed by atoms with Crippen LogP contribution >= 0.6 is 0 Å². The maximum Gasteiger partial charge on any atom is 0.341 e. The lowest BCUT2D eigenvalue weighted by Gasteiger charge is -2.26. The number of carbonyl (C=O) groups is 3. The Hall–Kier alpha value is -4.79. The summed E-state index contributed by atoms with van der Waals surface area (Å²) in [6.45, 7) is -0.518. The SMILES string of the molecule is COc1ccc(/C(O)=C2\C(=O)C(=O)N(c3ccc(OCC(=O)O)cc3)C2c2cccc(OC)c2)cc1. The molecule has 1 atom stereocenters. The highest BCUT2D eigenvalue weighted by Gasteiger charge is 2.47. The van der Waals surface area contributed by atoms with Crippen molar-refractivity contribution >= 4 is 29.1 Å². The number of carboxylic acid groups (broad SMARTS) is 1. The van der Waals surface area contributed by atoms with Crippen LogP contribution in [0.15, 0.2) is 78.4 Å². The van der Waals surface area contributed by atoms with Crippen molar-refractivity contribution in [3.05, 3.63) is 89.5 Å². The van der Waals surface area contributed by atoms with Crippen LogP contribution in [0.4, 0.5) is 5.69 Å². The van der Waals surface area contributed by atoms with E-state index in [0.29, 0.717) is 28.3 Å². The van der Waals surface area contributed by atoms with Gasteiger partial charge in [-0.15, -0.1) is 0 Å². The molecule has 0 aromatic heterocycles. The van der Waals surface area contributed by atoms with E-state index in [1.807, 2.05) is 0 Å². The fourth-order valence-corrected chi connectivity index (χ4v) is 3.98. The molecule has 1 aliphatic heterocycles. The van der Waals surface area contributed by atoms with Crippen LogP contribution in [0.1, 0.15) is 17.2 Å². The monoisotopic (exact) mass is 489 g/mol. The smallest absolute Gasteiger partial charge is 0.341 e. The highest BCUT2D eigenvalue weighted by molar-refractivity contribution is 6.51. The summed E-state index contributed by atoms with van der Waals surface area (Å²) in [5, 5.41) is 20.0. The number of aliphatic hydroxyl groups is 1. The van der Waals surface area contributed by atoms with Crippen LogP contribution in [-0.4, -0.2) is 48.7 Å². The van der Waals surface area contributed by atoms with Gasteiger partial charge in [-0.05, 0) is 66.2 Å². The number of hydrogen-bond acceptors (Lipinski definition) is 7. The average Bonchev–Trinajstić information content (AvgIpc) is 3.17. The number of anilines is 1. The topological polar surface area (TPSA) is 123 Å². The molecule has 0 spiro atoms. The number of hydrogen-bond donors (Lipinski definition) is 2. The number of ether oxygens (including phenoxy) is 3. The number of Topliss-reactive ketones (excluding diaryl/α,β-unsaturated/α-hetero) is 1. The molecule has 1 unspecified atom stereocenters. The van der Waals surface area contributed by atoms with Gasteiger partial charge in [0.25, 0.3) is 11.7 Å². The zero-order valence-corrected chi connectivity index (χ0v) is 19.5. The third kappa shape index (κ3) is 4.72. The van der Waals surface area contributed by atoms with Crippen molar-refractivity contribution in [3.8, 4) is 17.2 Å². The molecule has 1 amide bonds. The molecule has 1 saturated heterocycles. The molecule has 1 fully saturated rings. The Morgan fingerprint density at radius 3 is 2.11 bits per heavy atom. The van der Waals surface area contributed by atoms with Crippen LogP contribution in [0, 0.1) is 0 Å². The fraction of sp³-hybridized carbons (Fsp3) is 0.148. The predicted octanol–water partition coefficient (Wildman–Crippen LogP) is 3.79. The molecule has 36 heavy (non-hydrogen) atoms. The fourth-order valence-electron chi connectivity index (χ4n) is 3.98.